The van der Waals surface area contributed by atoms with Crippen LogP contribution >= 0.6 is 0 Å². The lowest BCUT2D eigenvalue weighted by molar-refractivity contribution is 0.102. The largest absolute Gasteiger partial charge is 0.360 e. The lowest BCUT2D eigenvalue weighted by Gasteiger charge is -2.28. The number of pyridine rings is 1. The van der Waals surface area contributed by atoms with Gasteiger partial charge in [-0.05, 0) is 68.7 Å². The summed E-state index contributed by atoms with van der Waals surface area (Å²) in [6, 6.07) is 6.38. The van der Waals surface area contributed by atoms with Crippen LogP contribution < -0.4 is 5.32 Å². The number of carbonyl (C=O) groups excluding carboxylic acids is 1. The van der Waals surface area contributed by atoms with Crippen LogP contribution in [-0.4, -0.2) is 40.9 Å². The summed E-state index contributed by atoms with van der Waals surface area (Å²) in [6.45, 7) is 2.08. The third kappa shape index (κ3) is 3.55. The number of aromatic nitrogens is 2. The van der Waals surface area contributed by atoms with Crippen molar-refractivity contribution in [2.24, 2.45) is 0 Å². The van der Waals surface area contributed by atoms with Crippen molar-refractivity contribution in [1.82, 2.24) is 14.9 Å². The molecular formula is C20H20F2N4O. The number of rotatable bonds is 3. The van der Waals surface area contributed by atoms with Crippen LogP contribution in [0, 0.1) is 11.6 Å². The predicted octanol–water partition coefficient (Wildman–Crippen LogP) is 3.90. The van der Waals surface area contributed by atoms with Crippen molar-refractivity contribution >= 4 is 22.8 Å². The van der Waals surface area contributed by atoms with E-state index in [-0.39, 0.29) is 5.56 Å². The Morgan fingerprint density at radius 3 is 2.74 bits per heavy atom. The molecule has 0 atom stereocenters. The van der Waals surface area contributed by atoms with Gasteiger partial charge in [-0.1, -0.05) is 0 Å². The van der Waals surface area contributed by atoms with Crippen molar-refractivity contribution in [2.75, 3.05) is 25.5 Å². The summed E-state index contributed by atoms with van der Waals surface area (Å²) in [6.07, 6.45) is 4.10. The second-order valence-electron chi connectivity index (χ2n) is 6.99. The number of carbonyl (C=O) groups is 1. The van der Waals surface area contributed by atoms with Crippen LogP contribution in [0.15, 0.2) is 36.5 Å². The molecule has 0 unspecified atom stereocenters. The van der Waals surface area contributed by atoms with Crippen molar-refractivity contribution < 1.29 is 13.6 Å². The molecule has 0 radical (unpaired) electrons. The highest BCUT2D eigenvalue weighted by Gasteiger charge is 2.22. The van der Waals surface area contributed by atoms with Gasteiger partial charge in [0.25, 0.3) is 5.91 Å². The smallest absolute Gasteiger partial charge is 0.259 e. The lowest BCUT2D eigenvalue weighted by atomic mass is 9.91. The van der Waals surface area contributed by atoms with E-state index < -0.39 is 17.5 Å². The molecule has 3 heterocycles. The summed E-state index contributed by atoms with van der Waals surface area (Å²) in [4.78, 5) is 22.4. The van der Waals surface area contributed by atoms with Gasteiger partial charge in [0.15, 0.2) is 0 Å². The molecule has 27 heavy (non-hydrogen) atoms. The zero-order chi connectivity index (χ0) is 19.0. The van der Waals surface area contributed by atoms with E-state index >= 15 is 0 Å². The molecule has 2 N–H and O–H groups in total. The van der Waals surface area contributed by atoms with Gasteiger partial charge in [0, 0.05) is 12.3 Å². The molecule has 0 aliphatic carbocycles. The normalized spacial score (nSPS) is 16.0. The molecule has 140 valence electrons. The summed E-state index contributed by atoms with van der Waals surface area (Å²) in [7, 11) is 2.12. The van der Waals surface area contributed by atoms with E-state index in [4.69, 9.17) is 0 Å². The zero-order valence-corrected chi connectivity index (χ0v) is 14.9. The summed E-state index contributed by atoms with van der Waals surface area (Å²) in [5.74, 6) is -1.52. The first-order valence-corrected chi connectivity index (χ1v) is 8.94. The van der Waals surface area contributed by atoms with Gasteiger partial charge in [0.05, 0.1) is 16.6 Å². The van der Waals surface area contributed by atoms with E-state index in [1.807, 2.05) is 12.3 Å². The molecule has 7 heteroatoms. The first-order valence-electron chi connectivity index (χ1n) is 8.94. The van der Waals surface area contributed by atoms with Crippen molar-refractivity contribution in [3.05, 3.63) is 59.3 Å². The summed E-state index contributed by atoms with van der Waals surface area (Å²) in [5.41, 5.74) is 2.64. The molecule has 2 aromatic heterocycles. The minimum absolute atomic E-state index is 0.220. The van der Waals surface area contributed by atoms with Gasteiger partial charge >= 0.3 is 0 Å². The number of H-pyrrole nitrogens is 1. The molecule has 3 aromatic rings. The third-order valence-electron chi connectivity index (χ3n) is 5.13. The highest BCUT2D eigenvalue weighted by atomic mass is 19.1. The number of fused-ring (bicyclic) bond motifs is 1. The molecule has 0 spiro atoms. The number of hydrogen-bond donors (Lipinski definition) is 2. The van der Waals surface area contributed by atoms with Crippen molar-refractivity contribution in [3.63, 3.8) is 0 Å². The lowest BCUT2D eigenvalue weighted by Crippen LogP contribution is -2.29. The van der Waals surface area contributed by atoms with Crippen molar-refractivity contribution in [3.8, 4) is 0 Å². The Balaban J connectivity index is 1.59. The summed E-state index contributed by atoms with van der Waals surface area (Å²) in [5, 5.41) is 2.60. The highest BCUT2D eigenvalue weighted by Crippen LogP contribution is 2.32. The number of likely N-dealkylation sites (tertiary alicyclic amines) is 1. The topological polar surface area (TPSA) is 61.0 Å². The minimum atomic E-state index is -0.901. The Morgan fingerprint density at radius 2 is 2.00 bits per heavy atom. The Labute approximate surface area is 155 Å². The molecule has 4 rings (SSSR count). The highest BCUT2D eigenvalue weighted by molar-refractivity contribution is 6.04. The number of nitrogens with zero attached hydrogens (tertiary/aromatic N) is 2. The Kier molecular flexibility index (Phi) is 4.61. The minimum Gasteiger partial charge on any atom is -0.360 e. The van der Waals surface area contributed by atoms with Crippen LogP contribution in [0.25, 0.3) is 11.0 Å². The van der Waals surface area contributed by atoms with Crippen LogP contribution in [-0.2, 0) is 0 Å². The molecule has 1 aromatic carbocycles. The Morgan fingerprint density at radius 1 is 1.22 bits per heavy atom. The number of nitrogens with one attached hydrogen (secondary N) is 2. The van der Waals surface area contributed by atoms with Crippen LogP contribution in [0.5, 0.6) is 0 Å². The van der Waals surface area contributed by atoms with E-state index in [0.29, 0.717) is 17.8 Å². The van der Waals surface area contributed by atoms with E-state index in [1.165, 1.54) is 0 Å². The molecule has 1 amide bonds. The van der Waals surface area contributed by atoms with Gasteiger partial charge in [-0.25, -0.2) is 13.8 Å². The van der Waals surface area contributed by atoms with Crippen molar-refractivity contribution in [2.45, 2.75) is 18.8 Å². The van der Waals surface area contributed by atoms with Gasteiger partial charge < -0.3 is 15.2 Å². The summed E-state index contributed by atoms with van der Waals surface area (Å²) < 4.78 is 26.8. The molecule has 1 saturated heterocycles. The second-order valence-corrected chi connectivity index (χ2v) is 6.99. The molecule has 1 aliphatic heterocycles. The summed E-state index contributed by atoms with van der Waals surface area (Å²) >= 11 is 0. The zero-order valence-electron chi connectivity index (χ0n) is 14.9. The van der Waals surface area contributed by atoms with Crippen LogP contribution in [0.3, 0.4) is 0 Å². The molecule has 5 nitrogen and oxygen atoms in total. The molecule has 0 saturated carbocycles. The fourth-order valence-corrected chi connectivity index (χ4v) is 3.58. The average Bonchev–Trinajstić information content (AvgIpc) is 3.05. The number of amides is 1. The standard InChI is InChI=1S/C20H20F2N4O/c1-26-8-6-12(7-9-26)15-11-23-17-4-5-18(24-19(15)17)25-20(27)14-3-2-13(21)10-16(14)22/h2-5,10-12,23H,6-9H2,1H3,(H,24,25,27). The first kappa shape index (κ1) is 17.6. The predicted molar refractivity (Wildman–Crippen MR) is 99.9 cm³/mol. The van der Waals surface area contributed by atoms with Gasteiger partial charge in [-0.3, -0.25) is 4.79 Å². The quantitative estimate of drug-likeness (QED) is 0.735. The number of anilines is 1. The van der Waals surface area contributed by atoms with E-state index in [2.05, 4.69) is 27.2 Å². The SMILES string of the molecule is CN1CCC(c2c[nH]c3ccc(NC(=O)c4ccc(F)cc4F)nc23)CC1. The maximum Gasteiger partial charge on any atom is 0.259 e. The second kappa shape index (κ2) is 7.08. The number of aromatic amines is 1. The van der Waals surface area contributed by atoms with Gasteiger partial charge in [0.2, 0.25) is 0 Å². The Bertz CT molecular complexity index is 993. The van der Waals surface area contributed by atoms with E-state index in [9.17, 15) is 13.6 Å². The maximum atomic E-state index is 13.8. The third-order valence-corrected chi connectivity index (χ3v) is 5.13. The number of benzene rings is 1. The van der Waals surface area contributed by atoms with Crippen LogP contribution in [0.2, 0.25) is 0 Å². The fraction of sp³-hybridized carbons (Fsp3) is 0.300. The van der Waals surface area contributed by atoms with Gasteiger partial charge in [0.1, 0.15) is 17.5 Å². The van der Waals surface area contributed by atoms with Gasteiger partial charge in [-0.2, -0.15) is 0 Å². The molecular weight excluding hydrogens is 350 g/mol. The number of hydrogen-bond acceptors (Lipinski definition) is 3. The monoisotopic (exact) mass is 370 g/mol. The first-order chi connectivity index (χ1) is 13.0. The number of piperidine rings is 1. The average molecular weight is 370 g/mol. The van der Waals surface area contributed by atoms with Gasteiger partial charge in [-0.15, -0.1) is 0 Å². The fourth-order valence-electron chi connectivity index (χ4n) is 3.58. The molecule has 0 bridgehead atoms. The Hall–Kier alpha value is -2.80. The van der Waals surface area contributed by atoms with E-state index in [0.717, 1.165) is 54.7 Å². The molecule has 1 fully saturated rings. The molecule has 1 aliphatic rings. The van der Waals surface area contributed by atoms with Crippen molar-refractivity contribution in [1.29, 1.82) is 0 Å². The number of halogens is 2. The van der Waals surface area contributed by atoms with Crippen LogP contribution in [0.4, 0.5) is 14.6 Å². The van der Waals surface area contributed by atoms with E-state index in [1.54, 1.807) is 6.07 Å². The maximum absolute atomic E-state index is 13.8. The van der Waals surface area contributed by atoms with Crippen LogP contribution in [0.1, 0.15) is 34.7 Å².